The molecule has 8 heteroatoms. The second kappa shape index (κ2) is 8.07. The van der Waals surface area contributed by atoms with Gasteiger partial charge in [-0.1, -0.05) is 48.5 Å². The standard InChI is InChI=1S/C22H25NO7/c1-22(30-23)20(26)19(25)18(17(10-24)29-22)21(27)28-11-16-14-8-4-2-6-12(14)13-7-3-5-9-15(13)16/h2-9,16-20,24-26H,10-11,23H2,1H3/t17-,18-,19+,20-,22+/m1/s1. The van der Waals surface area contributed by atoms with Crippen molar-refractivity contribution < 1.29 is 34.4 Å². The molecule has 2 aliphatic rings. The summed E-state index contributed by atoms with van der Waals surface area (Å²) in [5.74, 6) is 1.19. The van der Waals surface area contributed by atoms with Crippen molar-refractivity contribution in [2.75, 3.05) is 13.2 Å². The number of fused-ring (bicyclic) bond motifs is 3. The van der Waals surface area contributed by atoms with Crippen LogP contribution in [0.4, 0.5) is 0 Å². The van der Waals surface area contributed by atoms with Gasteiger partial charge in [-0.05, 0) is 29.2 Å². The number of carbonyl (C=O) groups is 1. The summed E-state index contributed by atoms with van der Waals surface area (Å²) in [4.78, 5) is 17.5. The highest BCUT2D eigenvalue weighted by Gasteiger charge is 2.55. The number of nitrogens with two attached hydrogens (primary N) is 1. The molecule has 1 heterocycles. The van der Waals surface area contributed by atoms with Gasteiger partial charge in [0.2, 0.25) is 5.79 Å². The van der Waals surface area contributed by atoms with Crippen molar-refractivity contribution >= 4 is 5.97 Å². The highest BCUT2D eigenvalue weighted by molar-refractivity contribution is 5.79. The molecule has 0 amide bonds. The Morgan fingerprint density at radius 3 is 2.20 bits per heavy atom. The van der Waals surface area contributed by atoms with E-state index in [-0.39, 0.29) is 12.5 Å². The fourth-order valence-electron chi connectivity index (χ4n) is 4.41. The molecule has 2 aromatic rings. The zero-order valence-corrected chi connectivity index (χ0v) is 16.5. The first-order valence-electron chi connectivity index (χ1n) is 9.79. The lowest BCUT2D eigenvalue weighted by molar-refractivity contribution is -0.349. The fraction of sp³-hybridized carbons (Fsp3) is 0.409. The molecule has 5 N–H and O–H groups in total. The molecule has 0 aromatic heterocycles. The quantitative estimate of drug-likeness (QED) is 0.414. The number of hydrogen-bond acceptors (Lipinski definition) is 8. The highest BCUT2D eigenvalue weighted by Crippen LogP contribution is 2.44. The Morgan fingerprint density at radius 1 is 1.10 bits per heavy atom. The maximum Gasteiger partial charge on any atom is 0.314 e. The van der Waals surface area contributed by atoms with E-state index < -0.39 is 42.6 Å². The Kier molecular flexibility index (Phi) is 5.63. The molecule has 2 aromatic carbocycles. The van der Waals surface area contributed by atoms with Gasteiger partial charge in [0.1, 0.15) is 30.8 Å². The SMILES string of the molecule is C[C@@]1(ON)O[C@H](CO)[C@@H](C(=O)OCC2c3ccccc3-c3ccccc32)[C@H](O)[C@H]1O. The van der Waals surface area contributed by atoms with Crippen molar-refractivity contribution in [1.82, 2.24) is 0 Å². The second-order valence-corrected chi connectivity index (χ2v) is 7.79. The van der Waals surface area contributed by atoms with Crippen LogP contribution in [0, 0.1) is 5.92 Å². The predicted molar refractivity (Wildman–Crippen MR) is 106 cm³/mol. The van der Waals surface area contributed by atoms with E-state index >= 15 is 0 Å². The van der Waals surface area contributed by atoms with Gasteiger partial charge in [0.25, 0.3) is 0 Å². The molecule has 30 heavy (non-hydrogen) atoms. The van der Waals surface area contributed by atoms with Crippen LogP contribution in [0.25, 0.3) is 11.1 Å². The monoisotopic (exact) mass is 415 g/mol. The number of benzene rings is 2. The summed E-state index contributed by atoms with van der Waals surface area (Å²) >= 11 is 0. The van der Waals surface area contributed by atoms with Gasteiger partial charge in [-0.15, -0.1) is 0 Å². The molecule has 8 nitrogen and oxygen atoms in total. The smallest absolute Gasteiger partial charge is 0.314 e. The fourth-order valence-corrected chi connectivity index (χ4v) is 4.41. The largest absolute Gasteiger partial charge is 0.464 e. The van der Waals surface area contributed by atoms with Gasteiger partial charge >= 0.3 is 5.97 Å². The first-order valence-corrected chi connectivity index (χ1v) is 9.79. The summed E-state index contributed by atoms with van der Waals surface area (Å²) in [6, 6.07) is 15.8. The van der Waals surface area contributed by atoms with Crippen LogP contribution in [-0.4, -0.2) is 58.6 Å². The van der Waals surface area contributed by atoms with Crippen LogP contribution >= 0.6 is 0 Å². The van der Waals surface area contributed by atoms with Gasteiger partial charge in [0.15, 0.2) is 0 Å². The zero-order chi connectivity index (χ0) is 21.5. The molecular weight excluding hydrogens is 390 g/mol. The first-order chi connectivity index (χ1) is 14.4. The number of aliphatic hydroxyl groups excluding tert-OH is 3. The molecule has 0 radical (unpaired) electrons. The number of aliphatic hydroxyl groups is 3. The third kappa shape index (κ3) is 3.31. The minimum atomic E-state index is -1.76. The summed E-state index contributed by atoms with van der Waals surface area (Å²) in [6.07, 6.45) is -4.33. The average Bonchev–Trinajstić information content (AvgIpc) is 3.09. The lowest BCUT2D eigenvalue weighted by atomic mass is 9.85. The minimum absolute atomic E-state index is 0.0506. The molecule has 5 atom stereocenters. The Hall–Kier alpha value is -2.33. The maximum atomic E-state index is 12.8. The van der Waals surface area contributed by atoms with Crippen molar-refractivity contribution in [2.24, 2.45) is 11.8 Å². The third-order valence-corrected chi connectivity index (χ3v) is 6.06. The van der Waals surface area contributed by atoms with E-state index in [1.807, 2.05) is 48.5 Å². The lowest BCUT2D eigenvalue weighted by Crippen LogP contribution is -2.65. The van der Waals surface area contributed by atoms with Crippen molar-refractivity contribution in [3.05, 3.63) is 59.7 Å². The molecular formula is C22H25NO7. The second-order valence-electron chi connectivity index (χ2n) is 7.79. The van der Waals surface area contributed by atoms with E-state index in [1.54, 1.807) is 0 Å². The summed E-state index contributed by atoms with van der Waals surface area (Å²) in [5, 5.41) is 30.5. The Morgan fingerprint density at radius 2 is 1.67 bits per heavy atom. The normalized spacial score (nSPS) is 30.6. The first kappa shape index (κ1) is 20.9. The van der Waals surface area contributed by atoms with Crippen LogP contribution in [-0.2, 0) is 19.1 Å². The zero-order valence-electron chi connectivity index (χ0n) is 16.5. The number of hydrogen-bond donors (Lipinski definition) is 4. The van der Waals surface area contributed by atoms with Gasteiger partial charge < -0.3 is 24.8 Å². The summed E-state index contributed by atoms with van der Waals surface area (Å²) in [5.41, 5.74) is 4.29. The van der Waals surface area contributed by atoms with Gasteiger partial charge in [0.05, 0.1) is 6.61 Å². The third-order valence-electron chi connectivity index (χ3n) is 6.06. The van der Waals surface area contributed by atoms with Gasteiger partial charge in [0, 0.05) is 5.92 Å². The Balaban J connectivity index is 1.54. The van der Waals surface area contributed by atoms with Crippen LogP contribution < -0.4 is 5.90 Å². The molecule has 1 aliphatic heterocycles. The van der Waals surface area contributed by atoms with Gasteiger partial charge in [-0.3, -0.25) is 9.63 Å². The van der Waals surface area contributed by atoms with E-state index in [4.69, 9.17) is 15.4 Å². The molecule has 160 valence electrons. The van der Waals surface area contributed by atoms with Gasteiger partial charge in [-0.25, -0.2) is 5.90 Å². The maximum absolute atomic E-state index is 12.8. The number of ether oxygens (including phenoxy) is 2. The lowest BCUT2D eigenvalue weighted by Gasteiger charge is -2.45. The molecule has 0 unspecified atom stereocenters. The molecule has 1 saturated heterocycles. The van der Waals surface area contributed by atoms with Crippen molar-refractivity contribution in [3.63, 3.8) is 0 Å². The van der Waals surface area contributed by atoms with Gasteiger partial charge in [-0.2, -0.15) is 0 Å². The number of carbonyl (C=O) groups excluding carboxylic acids is 1. The molecule has 1 aliphatic carbocycles. The van der Waals surface area contributed by atoms with Crippen molar-refractivity contribution in [2.45, 2.75) is 36.9 Å². The predicted octanol–water partition coefficient (Wildman–Crippen LogP) is 0.678. The minimum Gasteiger partial charge on any atom is -0.464 e. The Labute approximate surface area is 173 Å². The van der Waals surface area contributed by atoms with Crippen molar-refractivity contribution in [1.29, 1.82) is 0 Å². The van der Waals surface area contributed by atoms with Crippen molar-refractivity contribution in [3.8, 4) is 11.1 Å². The molecule has 0 saturated carbocycles. The van der Waals surface area contributed by atoms with E-state index in [0.29, 0.717) is 0 Å². The van der Waals surface area contributed by atoms with Crippen LogP contribution in [0.15, 0.2) is 48.5 Å². The summed E-state index contributed by atoms with van der Waals surface area (Å²) in [7, 11) is 0. The molecule has 1 fully saturated rings. The Bertz CT molecular complexity index is 888. The van der Waals surface area contributed by atoms with E-state index in [1.165, 1.54) is 6.92 Å². The van der Waals surface area contributed by atoms with E-state index in [2.05, 4.69) is 4.84 Å². The van der Waals surface area contributed by atoms with Crippen LogP contribution in [0.1, 0.15) is 24.0 Å². The number of esters is 1. The topological polar surface area (TPSA) is 131 Å². The number of rotatable bonds is 5. The summed E-state index contributed by atoms with van der Waals surface area (Å²) < 4.78 is 11.0. The van der Waals surface area contributed by atoms with Crippen LogP contribution in [0.3, 0.4) is 0 Å². The van der Waals surface area contributed by atoms with Crippen LogP contribution in [0.5, 0.6) is 0 Å². The average molecular weight is 415 g/mol. The summed E-state index contributed by atoms with van der Waals surface area (Å²) in [6.45, 7) is 0.782. The molecule has 0 spiro atoms. The highest BCUT2D eigenvalue weighted by atomic mass is 16.8. The molecule has 4 rings (SSSR count). The van der Waals surface area contributed by atoms with E-state index in [0.717, 1.165) is 22.3 Å². The molecule has 0 bridgehead atoms. The van der Waals surface area contributed by atoms with Crippen LogP contribution in [0.2, 0.25) is 0 Å². The van der Waals surface area contributed by atoms with E-state index in [9.17, 15) is 20.1 Å².